The van der Waals surface area contributed by atoms with E-state index in [1.807, 2.05) is 0 Å². The Morgan fingerprint density at radius 3 is 2.77 bits per heavy atom. The van der Waals surface area contributed by atoms with Crippen LogP contribution in [-0.2, 0) is 9.59 Å². The average Bonchev–Trinajstić information content (AvgIpc) is 2.63. The molecule has 0 saturated heterocycles. The summed E-state index contributed by atoms with van der Waals surface area (Å²) in [6.45, 7) is 0. The fraction of sp³-hybridized carbons (Fsp3) is 0.818. The number of hydrogen-bond donors (Lipinski definition) is 0. The van der Waals surface area contributed by atoms with Gasteiger partial charge in [-0.15, -0.1) is 0 Å². The van der Waals surface area contributed by atoms with E-state index in [9.17, 15) is 9.59 Å². The van der Waals surface area contributed by atoms with Gasteiger partial charge in [0.25, 0.3) is 0 Å². The molecular weight excluding hydrogens is 164 g/mol. The Bertz CT molecular complexity index is 224. The SMILES string of the molecule is O=CCC1CC2CCC1(CC=O)C2. The summed E-state index contributed by atoms with van der Waals surface area (Å²) in [5.41, 5.74) is 0.229. The third kappa shape index (κ3) is 1.32. The molecule has 0 spiro atoms. The second-order valence-corrected chi connectivity index (χ2v) is 4.68. The van der Waals surface area contributed by atoms with E-state index in [1.165, 1.54) is 25.7 Å². The minimum Gasteiger partial charge on any atom is -0.303 e. The zero-order chi connectivity index (χ0) is 9.31. The predicted molar refractivity (Wildman–Crippen MR) is 49.2 cm³/mol. The van der Waals surface area contributed by atoms with E-state index in [-0.39, 0.29) is 5.41 Å². The molecule has 72 valence electrons. The van der Waals surface area contributed by atoms with Crippen LogP contribution in [0, 0.1) is 17.3 Å². The van der Waals surface area contributed by atoms with Crippen molar-refractivity contribution in [2.75, 3.05) is 0 Å². The maximum Gasteiger partial charge on any atom is 0.120 e. The molecule has 0 radical (unpaired) electrons. The van der Waals surface area contributed by atoms with Crippen molar-refractivity contribution < 1.29 is 9.59 Å². The van der Waals surface area contributed by atoms with Gasteiger partial charge in [0.15, 0.2) is 0 Å². The molecule has 2 nitrogen and oxygen atoms in total. The highest BCUT2D eigenvalue weighted by atomic mass is 16.1. The van der Waals surface area contributed by atoms with Crippen molar-refractivity contribution in [1.29, 1.82) is 0 Å². The van der Waals surface area contributed by atoms with Crippen LogP contribution in [0.1, 0.15) is 38.5 Å². The van der Waals surface area contributed by atoms with E-state index in [0.717, 1.165) is 18.5 Å². The number of carbonyl (C=O) groups excluding carboxylic acids is 2. The molecule has 2 bridgehead atoms. The molecule has 13 heavy (non-hydrogen) atoms. The van der Waals surface area contributed by atoms with Crippen LogP contribution in [0.15, 0.2) is 0 Å². The zero-order valence-corrected chi connectivity index (χ0v) is 7.87. The van der Waals surface area contributed by atoms with Gasteiger partial charge in [0, 0.05) is 12.8 Å². The Hall–Kier alpha value is -0.660. The Balaban J connectivity index is 2.11. The summed E-state index contributed by atoms with van der Waals surface area (Å²) in [4.78, 5) is 21.1. The second kappa shape index (κ2) is 3.24. The molecule has 0 aromatic heterocycles. The van der Waals surface area contributed by atoms with Crippen molar-refractivity contribution >= 4 is 12.6 Å². The lowest BCUT2D eigenvalue weighted by Gasteiger charge is -2.32. The largest absolute Gasteiger partial charge is 0.303 e. The van der Waals surface area contributed by atoms with Gasteiger partial charge in [-0.25, -0.2) is 0 Å². The van der Waals surface area contributed by atoms with Gasteiger partial charge in [-0.1, -0.05) is 0 Å². The van der Waals surface area contributed by atoms with E-state index in [4.69, 9.17) is 0 Å². The van der Waals surface area contributed by atoms with Gasteiger partial charge in [0.1, 0.15) is 12.6 Å². The minimum absolute atomic E-state index is 0.229. The first-order valence-corrected chi connectivity index (χ1v) is 5.18. The highest BCUT2D eigenvalue weighted by Crippen LogP contribution is 2.59. The molecule has 0 aliphatic heterocycles. The fourth-order valence-corrected chi connectivity index (χ4v) is 3.48. The first-order chi connectivity index (χ1) is 6.30. The Morgan fingerprint density at radius 2 is 2.15 bits per heavy atom. The summed E-state index contributed by atoms with van der Waals surface area (Å²) in [5.74, 6) is 1.32. The van der Waals surface area contributed by atoms with Gasteiger partial charge < -0.3 is 9.59 Å². The van der Waals surface area contributed by atoms with Crippen LogP contribution < -0.4 is 0 Å². The summed E-state index contributed by atoms with van der Waals surface area (Å²) < 4.78 is 0. The third-order valence-corrected chi connectivity index (χ3v) is 4.10. The predicted octanol–water partition coefficient (Wildman–Crippen LogP) is 1.97. The molecule has 2 rings (SSSR count). The number of aldehydes is 2. The summed E-state index contributed by atoms with van der Waals surface area (Å²) in [7, 11) is 0. The van der Waals surface area contributed by atoms with E-state index < -0.39 is 0 Å². The smallest absolute Gasteiger partial charge is 0.120 e. The van der Waals surface area contributed by atoms with Crippen LogP contribution in [0.2, 0.25) is 0 Å². The average molecular weight is 180 g/mol. The van der Waals surface area contributed by atoms with E-state index in [1.54, 1.807) is 0 Å². The van der Waals surface area contributed by atoms with E-state index in [2.05, 4.69) is 0 Å². The molecule has 2 saturated carbocycles. The first kappa shape index (κ1) is 8.92. The Labute approximate surface area is 78.7 Å². The Kier molecular flexibility index (Phi) is 2.22. The highest BCUT2D eigenvalue weighted by Gasteiger charge is 2.50. The monoisotopic (exact) mass is 180 g/mol. The minimum atomic E-state index is 0.229. The lowest BCUT2D eigenvalue weighted by atomic mass is 9.72. The van der Waals surface area contributed by atoms with Crippen molar-refractivity contribution in [1.82, 2.24) is 0 Å². The molecule has 2 heteroatoms. The molecule has 0 aromatic carbocycles. The van der Waals surface area contributed by atoms with Crippen LogP contribution in [0.4, 0.5) is 0 Å². The molecule has 2 aliphatic carbocycles. The van der Waals surface area contributed by atoms with Crippen LogP contribution in [-0.4, -0.2) is 12.6 Å². The number of rotatable bonds is 4. The van der Waals surface area contributed by atoms with Crippen LogP contribution in [0.25, 0.3) is 0 Å². The maximum atomic E-state index is 10.6. The van der Waals surface area contributed by atoms with Gasteiger partial charge in [0.2, 0.25) is 0 Å². The van der Waals surface area contributed by atoms with Crippen molar-refractivity contribution in [3.8, 4) is 0 Å². The Morgan fingerprint density at radius 1 is 1.31 bits per heavy atom. The number of fused-ring (bicyclic) bond motifs is 2. The molecular formula is C11H16O2. The van der Waals surface area contributed by atoms with Gasteiger partial charge in [-0.3, -0.25) is 0 Å². The molecule has 0 heterocycles. The quantitative estimate of drug-likeness (QED) is 0.620. The number of carbonyl (C=O) groups is 2. The van der Waals surface area contributed by atoms with E-state index in [0.29, 0.717) is 18.8 Å². The zero-order valence-electron chi connectivity index (χ0n) is 7.87. The van der Waals surface area contributed by atoms with Crippen molar-refractivity contribution in [2.45, 2.75) is 38.5 Å². The summed E-state index contributed by atoms with van der Waals surface area (Å²) in [5, 5.41) is 0. The van der Waals surface area contributed by atoms with E-state index >= 15 is 0 Å². The van der Waals surface area contributed by atoms with Gasteiger partial charge in [-0.05, 0) is 42.9 Å². The first-order valence-electron chi connectivity index (χ1n) is 5.18. The molecule has 0 aromatic rings. The normalized spacial score (nSPS) is 42.2. The lowest BCUT2D eigenvalue weighted by molar-refractivity contribution is -0.113. The van der Waals surface area contributed by atoms with Crippen molar-refractivity contribution in [2.24, 2.45) is 17.3 Å². The summed E-state index contributed by atoms with van der Waals surface area (Å²) in [6.07, 6.45) is 8.27. The van der Waals surface area contributed by atoms with Crippen molar-refractivity contribution in [3.63, 3.8) is 0 Å². The molecule has 0 N–H and O–H groups in total. The third-order valence-electron chi connectivity index (χ3n) is 4.10. The maximum absolute atomic E-state index is 10.6. The van der Waals surface area contributed by atoms with Crippen LogP contribution in [0.5, 0.6) is 0 Å². The second-order valence-electron chi connectivity index (χ2n) is 4.68. The lowest BCUT2D eigenvalue weighted by Crippen LogP contribution is -2.26. The van der Waals surface area contributed by atoms with Gasteiger partial charge in [0.05, 0.1) is 0 Å². The van der Waals surface area contributed by atoms with Gasteiger partial charge in [-0.2, -0.15) is 0 Å². The van der Waals surface area contributed by atoms with Gasteiger partial charge >= 0.3 is 0 Å². The van der Waals surface area contributed by atoms with Crippen molar-refractivity contribution in [3.05, 3.63) is 0 Å². The molecule has 0 amide bonds. The summed E-state index contributed by atoms with van der Waals surface area (Å²) in [6, 6.07) is 0. The standard InChI is InChI=1S/C11H16O2/c12-5-2-10-7-9-1-3-11(10,8-9)4-6-13/h5-6,9-10H,1-4,7-8H2. The molecule has 3 atom stereocenters. The molecule has 3 unspecified atom stereocenters. The fourth-order valence-electron chi connectivity index (χ4n) is 3.48. The molecule has 2 fully saturated rings. The highest BCUT2D eigenvalue weighted by molar-refractivity contribution is 5.53. The van der Waals surface area contributed by atoms with Crippen LogP contribution >= 0.6 is 0 Å². The molecule has 2 aliphatic rings. The van der Waals surface area contributed by atoms with Crippen LogP contribution in [0.3, 0.4) is 0 Å². The topological polar surface area (TPSA) is 34.1 Å². The number of hydrogen-bond acceptors (Lipinski definition) is 2. The summed E-state index contributed by atoms with van der Waals surface area (Å²) >= 11 is 0.